The van der Waals surface area contributed by atoms with Gasteiger partial charge in [0.05, 0.1) is 18.2 Å². The first-order chi connectivity index (χ1) is 6.85. The van der Waals surface area contributed by atoms with Crippen LogP contribution in [0, 0.1) is 11.3 Å². The third-order valence-electron chi connectivity index (χ3n) is 2.39. The van der Waals surface area contributed by atoms with E-state index in [4.69, 9.17) is 10.00 Å². The Labute approximate surface area is 81.9 Å². The number of benzene rings is 1. The Morgan fingerprint density at radius 1 is 1.57 bits per heavy atom. The van der Waals surface area contributed by atoms with Gasteiger partial charge in [-0.05, 0) is 18.6 Å². The summed E-state index contributed by atoms with van der Waals surface area (Å²) < 4.78 is 5.39. The molecule has 1 aromatic carbocycles. The van der Waals surface area contributed by atoms with E-state index in [1.54, 1.807) is 18.2 Å². The molecule has 0 spiro atoms. The van der Waals surface area contributed by atoms with Crippen molar-refractivity contribution in [3.05, 3.63) is 29.3 Å². The van der Waals surface area contributed by atoms with E-state index in [-0.39, 0.29) is 5.92 Å². The Morgan fingerprint density at radius 3 is 3.14 bits per heavy atom. The highest BCUT2D eigenvalue weighted by Crippen LogP contribution is 2.32. The van der Waals surface area contributed by atoms with Crippen LogP contribution in [0.3, 0.4) is 0 Å². The van der Waals surface area contributed by atoms with Crippen molar-refractivity contribution in [1.29, 1.82) is 5.26 Å². The summed E-state index contributed by atoms with van der Waals surface area (Å²) in [6.45, 7) is 0.547. The third kappa shape index (κ3) is 1.35. The number of carbonyl (C=O) groups excluding carboxylic acids is 1. The van der Waals surface area contributed by atoms with Gasteiger partial charge < -0.3 is 9.53 Å². The van der Waals surface area contributed by atoms with Gasteiger partial charge in [-0.1, -0.05) is 6.07 Å². The van der Waals surface area contributed by atoms with Crippen LogP contribution in [0.1, 0.15) is 23.5 Å². The molecule has 0 saturated carbocycles. The van der Waals surface area contributed by atoms with Gasteiger partial charge in [-0.25, -0.2) is 0 Å². The van der Waals surface area contributed by atoms with Gasteiger partial charge in [0, 0.05) is 11.5 Å². The zero-order valence-corrected chi connectivity index (χ0v) is 7.56. The van der Waals surface area contributed by atoms with E-state index in [9.17, 15) is 4.79 Å². The van der Waals surface area contributed by atoms with Gasteiger partial charge in [0.1, 0.15) is 12.0 Å². The van der Waals surface area contributed by atoms with Gasteiger partial charge >= 0.3 is 0 Å². The number of hydrogen-bond donors (Lipinski definition) is 0. The lowest BCUT2D eigenvalue weighted by molar-refractivity contribution is -0.109. The van der Waals surface area contributed by atoms with E-state index in [1.165, 1.54) is 0 Å². The molecule has 0 aromatic heterocycles. The number of nitrogens with zero attached hydrogens (tertiary/aromatic N) is 1. The maximum Gasteiger partial charge on any atom is 0.127 e. The Bertz CT molecular complexity index is 406. The van der Waals surface area contributed by atoms with Crippen molar-refractivity contribution in [3.8, 4) is 11.8 Å². The molecular weight excluding hydrogens is 178 g/mol. The Morgan fingerprint density at radius 2 is 2.43 bits per heavy atom. The molecule has 0 aliphatic carbocycles. The molecule has 3 heteroatoms. The molecule has 2 rings (SSSR count). The number of nitriles is 1. The second-order valence-electron chi connectivity index (χ2n) is 3.24. The van der Waals surface area contributed by atoms with Crippen molar-refractivity contribution in [2.75, 3.05) is 6.61 Å². The van der Waals surface area contributed by atoms with Crippen LogP contribution >= 0.6 is 0 Å². The molecule has 14 heavy (non-hydrogen) atoms. The zero-order valence-electron chi connectivity index (χ0n) is 7.56. The van der Waals surface area contributed by atoms with Crippen LogP contribution in [-0.4, -0.2) is 12.9 Å². The Balaban J connectivity index is 2.46. The van der Waals surface area contributed by atoms with Crippen molar-refractivity contribution in [2.24, 2.45) is 0 Å². The number of carbonyl (C=O) groups is 1. The summed E-state index contributed by atoms with van der Waals surface area (Å²) in [5.74, 6) is 0.596. The average Bonchev–Trinajstić information content (AvgIpc) is 2.27. The number of fused-ring (bicyclic) bond motifs is 1. The minimum atomic E-state index is -0.0773. The first kappa shape index (κ1) is 8.76. The topological polar surface area (TPSA) is 50.1 Å². The zero-order chi connectivity index (χ0) is 9.97. The average molecular weight is 187 g/mol. The summed E-state index contributed by atoms with van der Waals surface area (Å²) in [4.78, 5) is 10.8. The molecular formula is C11H9NO2. The van der Waals surface area contributed by atoms with E-state index in [1.807, 2.05) is 6.07 Å². The largest absolute Gasteiger partial charge is 0.493 e. The molecule has 1 atom stereocenters. The van der Waals surface area contributed by atoms with Crippen LogP contribution in [0.25, 0.3) is 0 Å². The summed E-state index contributed by atoms with van der Waals surface area (Å²) in [6.07, 6.45) is 1.66. The number of ether oxygens (including phenoxy) is 1. The Hall–Kier alpha value is -1.82. The molecule has 3 nitrogen and oxygen atoms in total. The highest BCUT2D eigenvalue weighted by molar-refractivity contribution is 5.65. The third-order valence-corrected chi connectivity index (χ3v) is 2.39. The van der Waals surface area contributed by atoms with E-state index in [0.717, 1.165) is 18.3 Å². The summed E-state index contributed by atoms with van der Waals surface area (Å²) >= 11 is 0. The molecule has 1 unspecified atom stereocenters. The van der Waals surface area contributed by atoms with E-state index in [2.05, 4.69) is 0 Å². The van der Waals surface area contributed by atoms with Gasteiger partial charge in [0.15, 0.2) is 0 Å². The molecule has 0 radical (unpaired) electrons. The molecule has 1 aliphatic heterocycles. The van der Waals surface area contributed by atoms with Crippen molar-refractivity contribution in [3.63, 3.8) is 0 Å². The second kappa shape index (κ2) is 3.51. The van der Waals surface area contributed by atoms with E-state index < -0.39 is 0 Å². The van der Waals surface area contributed by atoms with Crippen molar-refractivity contribution < 1.29 is 9.53 Å². The number of hydrogen-bond acceptors (Lipinski definition) is 3. The molecule has 0 N–H and O–H groups in total. The van der Waals surface area contributed by atoms with E-state index >= 15 is 0 Å². The molecule has 0 bridgehead atoms. The lowest BCUT2D eigenvalue weighted by atomic mass is 9.94. The van der Waals surface area contributed by atoms with E-state index in [0.29, 0.717) is 17.9 Å². The predicted octanol–water partition coefficient (Wildman–Crippen LogP) is 1.62. The highest BCUT2D eigenvalue weighted by atomic mass is 16.5. The van der Waals surface area contributed by atoms with Crippen LogP contribution in [0.15, 0.2) is 18.2 Å². The van der Waals surface area contributed by atoms with Crippen molar-refractivity contribution in [2.45, 2.75) is 12.3 Å². The number of rotatable bonds is 1. The van der Waals surface area contributed by atoms with Crippen molar-refractivity contribution in [1.82, 2.24) is 0 Å². The standard InChI is InChI=1S/C11H9NO2/c12-6-8-1-2-10-9(7-13)3-4-14-11(10)5-8/h1-2,5,7,9H,3-4H2. The van der Waals surface area contributed by atoms with Crippen LogP contribution in [0.2, 0.25) is 0 Å². The highest BCUT2D eigenvalue weighted by Gasteiger charge is 2.20. The normalized spacial score (nSPS) is 18.9. The fourth-order valence-corrected chi connectivity index (χ4v) is 1.63. The van der Waals surface area contributed by atoms with Crippen LogP contribution < -0.4 is 4.74 Å². The molecule has 1 aliphatic rings. The lowest BCUT2D eigenvalue weighted by Crippen LogP contribution is -2.15. The summed E-state index contributed by atoms with van der Waals surface area (Å²) in [6, 6.07) is 7.24. The van der Waals surface area contributed by atoms with Crippen molar-refractivity contribution >= 4 is 6.29 Å². The van der Waals surface area contributed by atoms with Gasteiger partial charge in [0.25, 0.3) is 0 Å². The Kier molecular flexibility index (Phi) is 2.19. The summed E-state index contributed by atoms with van der Waals surface area (Å²) in [5, 5.41) is 8.69. The number of aldehydes is 1. The van der Waals surface area contributed by atoms with Gasteiger partial charge in [-0.3, -0.25) is 0 Å². The molecule has 70 valence electrons. The second-order valence-corrected chi connectivity index (χ2v) is 3.24. The molecule has 1 heterocycles. The van der Waals surface area contributed by atoms with Gasteiger partial charge in [-0.15, -0.1) is 0 Å². The predicted molar refractivity (Wildman–Crippen MR) is 50.1 cm³/mol. The maximum atomic E-state index is 10.8. The monoisotopic (exact) mass is 187 g/mol. The smallest absolute Gasteiger partial charge is 0.127 e. The minimum absolute atomic E-state index is 0.0773. The van der Waals surface area contributed by atoms with Crippen LogP contribution in [0.4, 0.5) is 0 Å². The lowest BCUT2D eigenvalue weighted by Gasteiger charge is -2.21. The summed E-state index contributed by atoms with van der Waals surface area (Å²) in [7, 11) is 0. The van der Waals surface area contributed by atoms with Gasteiger partial charge in [0.2, 0.25) is 0 Å². The van der Waals surface area contributed by atoms with Crippen LogP contribution in [0.5, 0.6) is 5.75 Å². The fourth-order valence-electron chi connectivity index (χ4n) is 1.63. The first-order valence-corrected chi connectivity index (χ1v) is 4.47. The fraction of sp³-hybridized carbons (Fsp3) is 0.273. The molecule has 1 aromatic rings. The maximum absolute atomic E-state index is 10.8. The summed E-state index contributed by atoms with van der Waals surface area (Å²) in [5.41, 5.74) is 1.46. The first-order valence-electron chi connectivity index (χ1n) is 4.47. The molecule has 0 amide bonds. The molecule has 0 saturated heterocycles. The minimum Gasteiger partial charge on any atom is -0.493 e. The van der Waals surface area contributed by atoms with Crippen LogP contribution in [-0.2, 0) is 4.79 Å². The van der Waals surface area contributed by atoms with Gasteiger partial charge in [-0.2, -0.15) is 5.26 Å². The quantitative estimate of drug-likeness (QED) is 0.628. The molecule has 0 fully saturated rings. The SMILES string of the molecule is N#Cc1ccc2c(c1)OCCC2C=O.